The van der Waals surface area contributed by atoms with Gasteiger partial charge >= 0.3 is 5.97 Å². The highest BCUT2D eigenvalue weighted by molar-refractivity contribution is 5.81. The van der Waals surface area contributed by atoms with E-state index < -0.39 is 0 Å². The smallest absolute Gasteiger partial charge is 0.304 e. The van der Waals surface area contributed by atoms with E-state index in [1.807, 2.05) is 36.6 Å². The van der Waals surface area contributed by atoms with Crippen molar-refractivity contribution in [2.75, 3.05) is 0 Å². The van der Waals surface area contributed by atoms with Gasteiger partial charge in [0.05, 0.1) is 5.52 Å². The zero-order valence-electron chi connectivity index (χ0n) is 9.73. The van der Waals surface area contributed by atoms with Gasteiger partial charge in [0.25, 0.3) is 0 Å². The van der Waals surface area contributed by atoms with E-state index in [1.54, 1.807) is 0 Å². The summed E-state index contributed by atoms with van der Waals surface area (Å²) in [7, 11) is 0. The molecule has 0 N–H and O–H groups in total. The Hall–Kier alpha value is -1.77. The predicted molar refractivity (Wildman–Crippen MR) is 63.2 cm³/mol. The summed E-state index contributed by atoms with van der Waals surface area (Å²) in [5, 5.41) is 1.17. The van der Waals surface area contributed by atoms with Crippen molar-refractivity contribution >= 4 is 16.9 Å². The molecule has 1 heterocycles. The second kappa shape index (κ2) is 4.00. The molecule has 84 valence electrons. The third kappa shape index (κ3) is 1.81. The summed E-state index contributed by atoms with van der Waals surface area (Å²) in [4.78, 5) is 11.0. The van der Waals surface area contributed by atoms with Crippen molar-refractivity contribution < 1.29 is 9.53 Å². The molecule has 0 amide bonds. The fourth-order valence-corrected chi connectivity index (χ4v) is 2.09. The van der Waals surface area contributed by atoms with E-state index in [4.69, 9.17) is 4.74 Å². The van der Waals surface area contributed by atoms with Crippen LogP contribution < -0.4 is 0 Å². The third-order valence-corrected chi connectivity index (χ3v) is 2.64. The molecular weight excluding hydrogens is 202 g/mol. The normalized spacial score (nSPS) is 12.7. The average Bonchev–Trinajstić information content (AvgIpc) is 2.52. The fourth-order valence-electron chi connectivity index (χ4n) is 2.09. The molecule has 0 aliphatic rings. The first-order chi connectivity index (χ1) is 7.59. The number of esters is 1. The fraction of sp³-hybridized carbons (Fsp3) is 0.308. The van der Waals surface area contributed by atoms with Crippen LogP contribution in [-0.2, 0) is 9.53 Å². The van der Waals surface area contributed by atoms with Crippen molar-refractivity contribution in [3.63, 3.8) is 0 Å². The van der Waals surface area contributed by atoms with Crippen LogP contribution in [0.3, 0.4) is 0 Å². The lowest BCUT2D eigenvalue weighted by Crippen LogP contribution is -2.13. The maximum atomic E-state index is 11.0. The number of carbonyl (C=O) groups is 1. The largest absolute Gasteiger partial charge is 0.442 e. The molecule has 1 atom stereocenters. The van der Waals surface area contributed by atoms with Crippen LogP contribution in [0, 0.1) is 6.92 Å². The number of rotatable bonds is 2. The molecule has 0 radical (unpaired) electrons. The molecule has 1 unspecified atom stereocenters. The molecule has 16 heavy (non-hydrogen) atoms. The number of hydrogen-bond donors (Lipinski definition) is 0. The van der Waals surface area contributed by atoms with Crippen LogP contribution in [0.25, 0.3) is 10.9 Å². The van der Waals surface area contributed by atoms with Crippen molar-refractivity contribution in [2.24, 2.45) is 0 Å². The Balaban J connectivity index is 2.50. The molecule has 3 heteroatoms. The van der Waals surface area contributed by atoms with Crippen LogP contribution in [0.4, 0.5) is 0 Å². The number of para-hydroxylation sites is 1. The standard InChI is InChI=1S/C13H15NO2/c1-9-8-12-6-4-5-7-13(12)14(9)10(2)16-11(3)15/h4-8,10H,1-3H3. The van der Waals surface area contributed by atoms with Gasteiger partial charge in [-0.25, -0.2) is 0 Å². The van der Waals surface area contributed by atoms with Gasteiger partial charge in [0, 0.05) is 12.6 Å². The minimum Gasteiger partial charge on any atom is -0.442 e. The number of hydrogen-bond acceptors (Lipinski definition) is 2. The number of benzene rings is 1. The van der Waals surface area contributed by atoms with Crippen molar-refractivity contribution in [1.82, 2.24) is 4.57 Å². The molecule has 0 bridgehead atoms. The van der Waals surface area contributed by atoms with Gasteiger partial charge in [-0.2, -0.15) is 0 Å². The number of aromatic nitrogens is 1. The van der Waals surface area contributed by atoms with Gasteiger partial charge < -0.3 is 9.30 Å². The molecular formula is C13H15NO2. The number of fused-ring (bicyclic) bond motifs is 1. The maximum Gasteiger partial charge on any atom is 0.304 e. The first-order valence-electron chi connectivity index (χ1n) is 5.33. The van der Waals surface area contributed by atoms with Gasteiger partial charge in [0.15, 0.2) is 6.23 Å². The van der Waals surface area contributed by atoms with Gasteiger partial charge in [0.2, 0.25) is 0 Å². The van der Waals surface area contributed by atoms with Crippen LogP contribution in [0.1, 0.15) is 25.8 Å². The molecule has 0 aliphatic heterocycles. The van der Waals surface area contributed by atoms with Crippen LogP contribution in [0.5, 0.6) is 0 Å². The topological polar surface area (TPSA) is 31.2 Å². The van der Waals surface area contributed by atoms with Crippen LogP contribution in [-0.4, -0.2) is 10.5 Å². The average molecular weight is 217 g/mol. The maximum absolute atomic E-state index is 11.0. The van der Waals surface area contributed by atoms with E-state index >= 15 is 0 Å². The van der Waals surface area contributed by atoms with E-state index in [0.29, 0.717) is 0 Å². The Morgan fingerprint density at radius 3 is 2.75 bits per heavy atom. The second-order valence-corrected chi connectivity index (χ2v) is 3.92. The van der Waals surface area contributed by atoms with E-state index in [9.17, 15) is 4.79 Å². The second-order valence-electron chi connectivity index (χ2n) is 3.92. The molecule has 0 fully saturated rings. The summed E-state index contributed by atoms with van der Waals surface area (Å²) in [6.45, 7) is 5.32. The Labute approximate surface area is 94.6 Å². The molecule has 1 aromatic carbocycles. The third-order valence-electron chi connectivity index (χ3n) is 2.64. The van der Waals surface area contributed by atoms with Crippen molar-refractivity contribution in [3.8, 4) is 0 Å². The van der Waals surface area contributed by atoms with Crippen molar-refractivity contribution in [2.45, 2.75) is 27.0 Å². The first kappa shape index (κ1) is 10.7. The van der Waals surface area contributed by atoms with Gasteiger partial charge in [-0.05, 0) is 31.4 Å². The van der Waals surface area contributed by atoms with E-state index in [1.165, 1.54) is 12.3 Å². The number of carbonyl (C=O) groups excluding carboxylic acids is 1. The lowest BCUT2D eigenvalue weighted by Gasteiger charge is -2.17. The zero-order chi connectivity index (χ0) is 11.7. The summed E-state index contributed by atoms with van der Waals surface area (Å²) >= 11 is 0. The Kier molecular flexibility index (Phi) is 2.69. The summed E-state index contributed by atoms with van der Waals surface area (Å²) < 4.78 is 7.23. The SMILES string of the molecule is CC(=O)OC(C)n1c(C)cc2ccccc21. The molecule has 0 saturated carbocycles. The van der Waals surface area contributed by atoms with Crippen molar-refractivity contribution in [1.29, 1.82) is 0 Å². The number of ether oxygens (including phenoxy) is 1. The van der Waals surface area contributed by atoms with Crippen LogP contribution >= 0.6 is 0 Å². The minimum absolute atomic E-state index is 0.260. The van der Waals surface area contributed by atoms with E-state index in [2.05, 4.69) is 12.1 Å². The molecule has 2 rings (SSSR count). The van der Waals surface area contributed by atoms with Gasteiger partial charge in [0.1, 0.15) is 0 Å². The highest BCUT2D eigenvalue weighted by Crippen LogP contribution is 2.24. The zero-order valence-corrected chi connectivity index (χ0v) is 9.73. The van der Waals surface area contributed by atoms with Crippen LogP contribution in [0.15, 0.2) is 30.3 Å². The minimum atomic E-state index is -0.266. The summed E-state index contributed by atoms with van der Waals surface area (Å²) in [5.41, 5.74) is 2.18. The predicted octanol–water partition coefficient (Wildman–Crippen LogP) is 3.03. The van der Waals surface area contributed by atoms with Gasteiger partial charge in [-0.1, -0.05) is 18.2 Å². The van der Waals surface area contributed by atoms with Crippen LogP contribution in [0.2, 0.25) is 0 Å². The molecule has 0 spiro atoms. The monoisotopic (exact) mass is 217 g/mol. The molecule has 0 aliphatic carbocycles. The molecule has 0 saturated heterocycles. The molecule has 3 nitrogen and oxygen atoms in total. The van der Waals surface area contributed by atoms with Crippen molar-refractivity contribution in [3.05, 3.63) is 36.0 Å². The van der Waals surface area contributed by atoms with Gasteiger partial charge in [-0.15, -0.1) is 0 Å². The summed E-state index contributed by atoms with van der Waals surface area (Å²) in [5.74, 6) is -0.260. The lowest BCUT2D eigenvalue weighted by atomic mass is 10.2. The molecule has 1 aromatic heterocycles. The Bertz CT molecular complexity index is 528. The first-order valence-corrected chi connectivity index (χ1v) is 5.33. The number of aryl methyl sites for hydroxylation is 1. The highest BCUT2D eigenvalue weighted by Gasteiger charge is 2.13. The summed E-state index contributed by atoms with van der Waals surface area (Å²) in [6, 6.07) is 10.2. The van der Waals surface area contributed by atoms with E-state index in [0.717, 1.165) is 11.2 Å². The quantitative estimate of drug-likeness (QED) is 0.724. The molecule has 2 aromatic rings. The summed E-state index contributed by atoms with van der Waals surface area (Å²) in [6.07, 6.45) is -0.266. The lowest BCUT2D eigenvalue weighted by molar-refractivity contribution is -0.149. The number of nitrogens with zero attached hydrogens (tertiary/aromatic N) is 1. The van der Waals surface area contributed by atoms with Gasteiger partial charge in [-0.3, -0.25) is 4.79 Å². The highest BCUT2D eigenvalue weighted by atomic mass is 16.6. The van der Waals surface area contributed by atoms with E-state index in [-0.39, 0.29) is 12.2 Å². The Morgan fingerprint density at radius 1 is 1.38 bits per heavy atom. The Morgan fingerprint density at radius 2 is 2.06 bits per heavy atom.